The summed E-state index contributed by atoms with van der Waals surface area (Å²) in [4.78, 5) is 9.69. The van der Waals surface area contributed by atoms with Crippen molar-refractivity contribution in [2.75, 3.05) is 0 Å². The Morgan fingerprint density at radius 1 is 0.469 bits per heavy atom. The summed E-state index contributed by atoms with van der Waals surface area (Å²) >= 11 is 0. The lowest BCUT2D eigenvalue weighted by atomic mass is 9.92. The third kappa shape index (κ3) is 5.10. The van der Waals surface area contributed by atoms with Crippen LogP contribution in [0.25, 0.3) is 0 Å². The van der Waals surface area contributed by atoms with Crippen molar-refractivity contribution in [3.05, 3.63) is 131 Å². The maximum Gasteiger partial charge on any atom is 0.121 e. The largest absolute Gasteiger partial charge is 0.508 e. The summed E-state index contributed by atoms with van der Waals surface area (Å²) in [7, 11) is 0. The first-order valence-corrected chi connectivity index (χ1v) is 10.4. The molecule has 0 fully saturated rings. The van der Waals surface area contributed by atoms with Crippen molar-refractivity contribution >= 4 is 12.4 Å². The molecule has 4 rings (SSSR count). The first-order chi connectivity index (χ1) is 15.7. The maximum atomic E-state index is 10.6. The van der Waals surface area contributed by atoms with Crippen molar-refractivity contribution in [2.24, 2.45) is 9.98 Å². The van der Waals surface area contributed by atoms with Gasteiger partial charge in [0.1, 0.15) is 23.6 Å². The zero-order chi connectivity index (χ0) is 22.2. The zero-order valence-electron chi connectivity index (χ0n) is 17.5. The number of aromatic hydroxyl groups is 2. The van der Waals surface area contributed by atoms with E-state index < -0.39 is 12.1 Å². The molecule has 2 atom stereocenters. The highest BCUT2D eigenvalue weighted by molar-refractivity contribution is 5.81. The molecule has 158 valence electrons. The summed E-state index contributed by atoms with van der Waals surface area (Å²) in [6, 6.07) is 32.7. The lowest BCUT2D eigenvalue weighted by Crippen LogP contribution is -2.10. The second-order valence-corrected chi connectivity index (χ2v) is 7.39. The highest BCUT2D eigenvalue weighted by Crippen LogP contribution is 2.41. The van der Waals surface area contributed by atoms with Crippen LogP contribution in [-0.2, 0) is 0 Å². The number of rotatable bonds is 7. The van der Waals surface area contributed by atoms with Crippen LogP contribution in [0, 0.1) is 0 Å². The molecule has 4 nitrogen and oxygen atoms in total. The fourth-order valence-electron chi connectivity index (χ4n) is 3.55. The standard InChI is InChI=1S/C28H24N2O2/c31-25-17-9-7-15-23(25)27(29-19-21-11-3-1-4-12-21)28(24-16-8-10-18-26(24)32)30-20-22-13-5-2-6-14-22/h1-20,27-28,31-32H. The van der Waals surface area contributed by atoms with Gasteiger partial charge in [0.15, 0.2) is 0 Å². The van der Waals surface area contributed by atoms with Gasteiger partial charge in [0.2, 0.25) is 0 Å². The van der Waals surface area contributed by atoms with E-state index in [4.69, 9.17) is 9.98 Å². The summed E-state index contributed by atoms with van der Waals surface area (Å²) in [6.07, 6.45) is 3.56. The first-order valence-electron chi connectivity index (χ1n) is 10.4. The maximum absolute atomic E-state index is 10.6. The number of benzene rings is 4. The summed E-state index contributed by atoms with van der Waals surface area (Å²) in [5.74, 6) is 0.274. The minimum absolute atomic E-state index is 0.137. The molecule has 0 aliphatic rings. The van der Waals surface area contributed by atoms with Gasteiger partial charge in [-0.05, 0) is 23.3 Å². The third-order valence-corrected chi connectivity index (χ3v) is 5.18. The van der Waals surface area contributed by atoms with E-state index in [1.54, 1.807) is 36.7 Å². The highest BCUT2D eigenvalue weighted by Gasteiger charge is 2.27. The van der Waals surface area contributed by atoms with Crippen LogP contribution in [0.3, 0.4) is 0 Å². The molecule has 0 aliphatic carbocycles. The molecular formula is C28H24N2O2. The Hall–Kier alpha value is -4.18. The Morgan fingerprint density at radius 2 is 0.812 bits per heavy atom. The number of hydrogen-bond donors (Lipinski definition) is 2. The van der Waals surface area contributed by atoms with E-state index >= 15 is 0 Å². The number of para-hydroxylation sites is 2. The fourth-order valence-corrected chi connectivity index (χ4v) is 3.55. The fraction of sp³-hybridized carbons (Fsp3) is 0.0714. The monoisotopic (exact) mass is 420 g/mol. The van der Waals surface area contributed by atoms with Crippen molar-refractivity contribution in [1.82, 2.24) is 0 Å². The van der Waals surface area contributed by atoms with Crippen LogP contribution in [-0.4, -0.2) is 22.6 Å². The molecule has 0 saturated heterocycles. The van der Waals surface area contributed by atoms with Crippen molar-refractivity contribution in [2.45, 2.75) is 12.1 Å². The van der Waals surface area contributed by atoms with Crippen LogP contribution in [0.5, 0.6) is 11.5 Å². The Bertz CT molecular complexity index is 1110. The van der Waals surface area contributed by atoms with E-state index in [9.17, 15) is 10.2 Å². The van der Waals surface area contributed by atoms with Crippen LogP contribution in [0.1, 0.15) is 34.3 Å². The normalized spacial score (nSPS) is 13.4. The molecule has 0 aliphatic heterocycles. The second kappa shape index (κ2) is 10.2. The second-order valence-electron chi connectivity index (χ2n) is 7.39. The summed E-state index contributed by atoms with van der Waals surface area (Å²) in [5, 5.41) is 21.3. The van der Waals surface area contributed by atoms with E-state index in [0.717, 1.165) is 11.1 Å². The number of nitrogens with zero attached hydrogens (tertiary/aromatic N) is 2. The van der Waals surface area contributed by atoms with Crippen LogP contribution >= 0.6 is 0 Å². The number of phenols is 2. The summed E-state index contributed by atoms with van der Waals surface area (Å²) < 4.78 is 0. The van der Waals surface area contributed by atoms with Crippen LogP contribution in [0.15, 0.2) is 119 Å². The van der Waals surface area contributed by atoms with Gasteiger partial charge in [0, 0.05) is 23.6 Å². The molecular weight excluding hydrogens is 396 g/mol. The number of phenolic OH excluding ortho intramolecular Hbond substituents is 2. The first kappa shape index (κ1) is 21.1. The predicted molar refractivity (Wildman–Crippen MR) is 130 cm³/mol. The average molecular weight is 421 g/mol. The Kier molecular flexibility index (Phi) is 6.73. The van der Waals surface area contributed by atoms with Gasteiger partial charge >= 0.3 is 0 Å². The van der Waals surface area contributed by atoms with E-state index in [0.29, 0.717) is 11.1 Å². The Labute approximate surface area is 187 Å². The average Bonchev–Trinajstić information content (AvgIpc) is 2.84. The SMILES string of the molecule is Oc1ccccc1C(N=Cc1ccccc1)C(N=Cc1ccccc1)c1ccccc1O. The highest BCUT2D eigenvalue weighted by atomic mass is 16.3. The molecule has 4 heteroatoms. The lowest BCUT2D eigenvalue weighted by molar-refractivity contribution is 0.438. The molecule has 2 N–H and O–H groups in total. The van der Waals surface area contributed by atoms with E-state index in [1.807, 2.05) is 84.9 Å². The smallest absolute Gasteiger partial charge is 0.121 e. The van der Waals surface area contributed by atoms with Crippen LogP contribution in [0.4, 0.5) is 0 Å². The van der Waals surface area contributed by atoms with Gasteiger partial charge in [-0.3, -0.25) is 9.98 Å². The van der Waals surface area contributed by atoms with Gasteiger partial charge in [-0.25, -0.2) is 0 Å². The van der Waals surface area contributed by atoms with Gasteiger partial charge in [-0.15, -0.1) is 0 Å². The molecule has 4 aromatic rings. The van der Waals surface area contributed by atoms with E-state index in [-0.39, 0.29) is 11.5 Å². The van der Waals surface area contributed by atoms with Crippen molar-refractivity contribution in [3.63, 3.8) is 0 Å². The Morgan fingerprint density at radius 3 is 1.19 bits per heavy atom. The topological polar surface area (TPSA) is 65.2 Å². The molecule has 4 aromatic carbocycles. The van der Waals surface area contributed by atoms with Crippen LogP contribution < -0.4 is 0 Å². The molecule has 0 radical (unpaired) electrons. The predicted octanol–water partition coefficient (Wildman–Crippen LogP) is 6.12. The van der Waals surface area contributed by atoms with Crippen molar-refractivity contribution < 1.29 is 10.2 Å². The van der Waals surface area contributed by atoms with E-state index in [2.05, 4.69) is 0 Å². The molecule has 0 bridgehead atoms. The summed E-state index contributed by atoms with van der Waals surface area (Å²) in [6.45, 7) is 0. The molecule has 0 heterocycles. The quantitative estimate of drug-likeness (QED) is 0.354. The van der Waals surface area contributed by atoms with Gasteiger partial charge in [-0.2, -0.15) is 0 Å². The van der Waals surface area contributed by atoms with Crippen LogP contribution in [0.2, 0.25) is 0 Å². The minimum Gasteiger partial charge on any atom is -0.508 e. The van der Waals surface area contributed by atoms with Gasteiger partial charge < -0.3 is 10.2 Å². The number of aliphatic imine (C=N–C) groups is 2. The molecule has 0 spiro atoms. The van der Waals surface area contributed by atoms with Crippen molar-refractivity contribution in [1.29, 1.82) is 0 Å². The Balaban J connectivity index is 1.83. The van der Waals surface area contributed by atoms with Gasteiger partial charge in [-0.1, -0.05) is 97.1 Å². The lowest BCUT2D eigenvalue weighted by Gasteiger charge is -2.23. The molecule has 0 amide bonds. The van der Waals surface area contributed by atoms with Gasteiger partial charge in [0.25, 0.3) is 0 Å². The molecule has 0 aromatic heterocycles. The third-order valence-electron chi connectivity index (χ3n) is 5.18. The van der Waals surface area contributed by atoms with Gasteiger partial charge in [0.05, 0.1) is 0 Å². The molecule has 32 heavy (non-hydrogen) atoms. The summed E-state index contributed by atoms with van der Waals surface area (Å²) in [5.41, 5.74) is 3.16. The molecule has 0 saturated carbocycles. The van der Waals surface area contributed by atoms with Crippen molar-refractivity contribution in [3.8, 4) is 11.5 Å². The molecule has 2 unspecified atom stereocenters. The number of hydrogen-bond acceptors (Lipinski definition) is 4. The zero-order valence-corrected chi connectivity index (χ0v) is 17.5. The minimum atomic E-state index is -0.551. The van der Waals surface area contributed by atoms with E-state index in [1.165, 1.54) is 0 Å².